The lowest BCUT2D eigenvalue weighted by Gasteiger charge is -2.11. The third-order valence-corrected chi connectivity index (χ3v) is 3.58. The topological polar surface area (TPSA) is 57.3 Å². The molecule has 0 bridgehead atoms. The first-order valence-corrected chi connectivity index (χ1v) is 8.09. The van der Waals surface area contributed by atoms with E-state index in [1.165, 1.54) is 18.3 Å². The maximum Gasteiger partial charge on any atom is 0.416 e. The van der Waals surface area contributed by atoms with Gasteiger partial charge in [-0.05, 0) is 63.5 Å². The fraction of sp³-hybridized carbons (Fsp3) is 0.333. The van der Waals surface area contributed by atoms with E-state index >= 15 is 0 Å². The van der Waals surface area contributed by atoms with E-state index in [1.807, 2.05) is 14.1 Å². The molecule has 1 heterocycles. The molecule has 1 aromatic carbocycles. The van der Waals surface area contributed by atoms with Crippen LogP contribution < -0.4 is 10.6 Å². The zero-order chi connectivity index (χ0) is 19.2. The monoisotopic (exact) mass is 366 g/mol. The third-order valence-electron chi connectivity index (χ3n) is 3.58. The highest BCUT2D eigenvalue weighted by atomic mass is 19.4. The first-order chi connectivity index (χ1) is 12.3. The van der Waals surface area contributed by atoms with Gasteiger partial charge in [0.2, 0.25) is 0 Å². The summed E-state index contributed by atoms with van der Waals surface area (Å²) in [6, 6.07) is 7.46. The Morgan fingerprint density at radius 2 is 1.85 bits per heavy atom. The second kappa shape index (κ2) is 8.66. The van der Waals surface area contributed by atoms with Gasteiger partial charge in [-0.15, -0.1) is 0 Å². The van der Waals surface area contributed by atoms with Gasteiger partial charge in [-0.3, -0.25) is 4.79 Å². The van der Waals surface area contributed by atoms with Gasteiger partial charge in [0.1, 0.15) is 5.82 Å². The van der Waals surface area contributed by atoms with Crippen LogP contribution >= 0.6 is 0 Å². The molecule has 0 spiro atoms. The number of pyridine rings is 1. The predicted octanol–water partition coefficient (Wildman–Crippen LogP) is 3.72. The zero-order valence-corrected chi connectivity index (χ0v) is 14.6. The fourth-order valence-electron chi connectivity index (χ4n) is 2.23. The van der Waals surface area contributed by atoms with Crippen LogP contribution in [0, 0.1) is 0 Å². The van der Waals surface area contributed by atoms with Crippen LogP contribution in [0.5, 0.6) is 0 Å². The zero-order valence-electron chi connectivity index (χ0n) is 14.6. The van der Waals surface area contributed by atoms with Gasteiger partial charge in [0, 0.05) is 24.0 Å². The van der Waals surface area contributed by atoms with E-state index in [-0.39, 0.29) is 0 Å². The summed E-state index contributed by atoms with van der Waals surface area (Å²) in [7, 11) is 3.98. The van der Waals surface area contributed by atoms with E-state index in [4.69, 9.17) is 0 Å². The molecule has 2 rings (SSSR count). The van der Waals surface area contributed by atoms with Crippen molar-refractivity contribution in [1.82, 2.24) is 9.88 Å². The van der Waals surface area contributed by atoms with Gasteiger partial charge < -0.3 is 15.5 Å². The largest absolute Gasteiger partial charge is 0.416 e. The Morgan fingerprint density at radius 3 is 2.46 bits per heavy atom. The first kappa shape index (κ1) is 19.7. The Bertz CT molecular complexity index is 730. The molecule has 140 valence electrons. The number of carbonyl (C=O) groups is 1. The average Bonchev–Trinajstić information content (AvgIpc) is 2.58. The van der Waals surface area contributed by atoms with Crippen LogP contribution in [0.25, 0.3) is 0 Å². The number of halogens is 3. The molecule has 0 saturated carbocycles. The van der Waals surface area contributed by atoms with Gasteiger partial charge in [-0.1, -0.05) is 0 Å². The third kappa shape index (κ3) is 6.03. The van der Waals surface area contributed by atoms with Crippen molar-refractivity contribution in [2.75, 3.05) is 37.8 Å². The molecule has 8 heteroatoms. The number of nitrogens with one attached hydrogen (secondary N) is 2. The van der Waals surface area contributed by atoms with Gasteiger partial charge in [0.05, 0.1) is 5.56 Å². The summed E-state index contributed by atoms with van der Waals surface area (Å²) in [5.41, 5.74) is -0.0982. The minimum Gasteiger partial charge on any atom is -0.370 e. The lowest BCUT2D eigenvalue weighted by atomic mass is 10.2. The normalized spacial score (nSPS) is 11.5. The highest BCUT2D eigenvalue weighted by Gasteiger charge is 2.29. The molecule has 0 aliphatic rings. The molecule has 0 unspecified atom stereocenters. The number of hydrogen-bond donors (Lipinski definition) is 2. The van der Waals surface area contributed by atoms with Crippen LogP contribution in [0.4, 0.5) is 24.7 Å². The number of aromatic nitrogens is 1. The molecule has 1 aromatic heterocycles. The highest BCUT2D eigenvalue weighted by molar-refractivity contribution is 6.04. The van der Waals surface area contributed by atoms with E-state index in [0.29, 0.717) is 17.1 Å². The number of hydrogen-bond acceptors (Lipinski definition) is 4. The van der Waals surface area contributed by atoms with Gasteiger partial charge >= 0.3 is 6.18 Å². The van der Waals surface area contributed by atoms with E-state index in [1.54, 1.807) is 12.1 Å². The Kier molecular flexibility index (Phi) is 6.57. The molecule has 0 radical (unpaired) electrons. The van der Waals surface area contributed by atoms with Crippen molar-refractivity contribution in [3.05, 3.63) is 53.7 Å². The smallest absolute Gasteiger partial charge is 0.370 e. The van der Waals surface area contributed by atoms with Crippen LogP contribution in [0.15, 0.2) is 42.6 Å². The minimum atomic E-state index is -4.40. The van der Waals surface area contributed by atoms with E-state index in [2.05, 4.69) is 20.5 Å². The van der Waals surface area contributed by atoms with Crippen molar-refractivity contribution in [3.63, 3.8) is 0 Å². The number of anilines is 2. The van der Waals surface area contributed by atoms with E-state index in [9.17, 15) is 18.0 Å². The van der Waals surface area contributed by atoms with Crippen molar-refractivity contribution in [1.29, 1.82) is 0 Å². The number of nitrogens with zero attached hydrogens (tertiary/aromatic N) is 2. The SMILES string of the molecule is CN(C)CCCNc1cc(C(=O)Nc2ccc(C(F)(F)F)cc2)ccn1. The average molecular weight is 366 g/mol. The Labute approximate surface area is 150 Å². The van der Waals surface area contributed by atoms with Crippen molar-refractivity contribution >= 4 is 17.4 Å². The Balaban J connectivity index is 1.96. The molecular formula is C18H21F3N4O. The van der Waals surface area contributed by atoms with Crippen LogP contribution in [0.2, 0.25) is 0 Å². The van der Waals surface area contributed by atoms with Gasteiger partial charge in [-0.2, -0.15) is 13.2 Å². The standard InChI is InChI=1S/C18H21F3N4O/c1-25(2)11-3-9-22-16-12-13(8-10-23-16)17(26)24-15-6-4-14(5-7-15)18(19,20)21/h4-8,10,12H,3,9,11H2,1-2H3,(H,22,23)(H,24,26). The number of carbonyl (C=O) groups excluding carboxylic acids is 1. The van der Waals surface area contributed by atoms with Crippen LogP contribution in [0.1, 0.15) is 22.3 Å². The summed E-state index contributed by atoms with van der Waals surface area (Å²) in [6.45, 7) is 1.65. The van der Waals surface area contributed by atoms with Crippen LogP contribution in [-0.2, 0) is 6.18 Å². The number of amides is 1. The molecule has 2 aromatic rings. The molecule has 0 aliphatic heterocycles. The summed E-state index contributed by atoms with van der Waals surface area (Å²) >= 11 is 0. The molecule has 1 amide bonds. The summed E-state index contributed by atoms with van der Waals surface area (Å²) in [4.78, 5) is 18.5. The highest BCUT2D eigenvalue weighted by Crippen LogP contribution is 2.29. The van der Waals surface area contributed by atoms with Gasteiger partial charge in [-0.25, -0.2) is 4.98 Å². The molecule has 2 N–H and O–H groups in total. The number of benzene rings is 1. The second-order valence-electron chi connectivity index (χ2n) is 6.04. The molecule has 5 nitrogen and oxygen atoms in total. The van der Waals surface area contributed by atoms with Crippen molar-refractivity contribution in [3.8, 4) is 0 Å². The summed E-state index contributed by atoms with van der Waals surface area (Å²) in [5.74, 6) is 0.160. The summed E-state index contributed by atoms with van der Waals surface area (Å²) in [5, 5.41) is 5.72. The molecule has 0 aliphatic carbocycles. The maximum atomic E-state index is 12.6. The second-order valence-corrected chi connectivity index (χ2v) is 6.04. The summed E-state index contributed by atoms with van der Waals surface area (Å²) in [6.07, 6.45) is -1.96. The minimum absolute atomic E-state index is 0.292. The lowest BCUT2D eigenvalue weighted by molar-refractivity contribution is -0.137. The lowest BCUT2D eigenvalue weighted by Crippen LogP contribution is -2.17. The van der Waals surface area contributed by atoms with Crippen LogP contribution in [0.3, 0.4) is 0 Å². The molecule has 0 atom stereocenters. The fourth-order valence-corrected chi connectivity index (χ4v) is 2.23. The van der Waals surface area contributed by atoms with Crippen LogP contribution in [-0.4, -0.2) is 43.0 Å². The Morgan fingerprint density at radius 1 is 1.15 bits per heavy atom. The Hall–Kier alpha value is -2.61. The quantitative estimate of drug-likeness (QED) is 0.734. The first-order valence-electron chi connectivity index (χ1n) is 8.09. The number of rotatable bonds is 7. The van der Waals surface area contributed by atoms with Gasteiger partial charge in [0.15, 0.2) is 0 Å². The number of alkyl halides is 3. The summed E-state index contributed by atoms with van der Waals surface area (Å²) < 4.78 is 37.7. The predicted molar refractivity (Wildman–Crippen MR) is 95.3 cm³/mol. The molecule has 0 fully saturated rings. The van der Waals surface area contributed by atoms with E-state index in [0.717, 1.165) is 31.6 Å². The van der Waals surface area contributed by atoms with Crippen molar-refractivity contribution < 1.29 is 18.0 Å². The van der Waals surface area contributed by atoms with E-state index < -0.39 is 17.6 Å². The van der Waals surface area contributed by atoms with Crippen molar-refractivity contribution in [2.24, 2.45) is 0 Å². The molecule has 0 saturated heterocycles. The maximum absolute atomic E-state index is 12.6. The van der Waals surface area contributed by atoms with Gasteiger partial charge in [0.25, 0.3) is 5.91 Å². The van der Waals surface area contributed by atoms with Crippen molar-refractivity contribution in [2.45, 2.75) is 12.6 Å². The molecular weight excluding hydrogens is 345 g/mol. The molecule has 26 heavy (non-hydrogen) atoms.